The summed E-state index contributed by atoms with van der Waals surface area (Å²) in [7, 11) is 5.64. The molecule has 0 aliphatic carbocycles. The SMILES string of the molecule is COc1c(C)c(C)cc(C)c1C(N)N(C)C. The quantitative estimate of drug-likeness (QED) is 0.796. The zero-order valence-corrected chi connectivity index (χ0v) is 11.1. The van der Waals surface area contributed by atoms with E-state index < -0.39 is 0 Å². The van der Waals surface area contributed by atoms with E-state index >= 15 is 0 Å². The van der Waals surface area contributed by atoms with Crippen molar-refractivity contribution in [3.8, 4) is 5.75 Å². The molecule has 3 nitrogen and oxygen atoms in total. The van der Waals surface area contributed by atoms with Crippen LogP contribution in [0.3, 0.4) is 0 Å². The molecule has 0 saturated heterocycles. The number of nitrogens with two attached hydrogens (primary N) is 1. The van der Waals surface area contributed by atoms with E-state index in [1.165, 1.54) is 16.7 Å². The Labute approximate surface area is 98.2 Å². The van der Waals surface area contributed by atoms with Gasteiger partial charge in [-0.15, -0.1) is 0 Å². The summed E-state index contributed by atoms with van der Waals surface area (Å²) in [5.41, 5.74) is 10.8. The zero-order valence-electron chi connectivity index (χ0n) is 11.1. The minimum Gasteiger partial charge on any atom is -0.496 e. The normalized spacial score (nSPS) is 13.0. The second kappa shape index (κ2) is 4.85. The van der Waals surface area contributed by atoms with E-state index in [-0.39, 0.29) is 6.17 Å². The average molecular weight is 222 g/mol. The van der Waals surface area contributed by atoms with Gasteiger partial charge >= 0.3 is 0 Å². The van der Waals surface area contributed by atoms with Crippen molar-refractivity contribution in [3.63, 3.8) is 0 Å². The number of benzene rings is 1. The van der Waals surface area contributed by atoms with Crippen LogP contribution >= 0.6 is 0 Å². The van der Waals surface area contributed by atoms with Crippen molar-refractivity contribution in [1.82, 2.24) is 4.90 Å². The molecule has 1 aromatic rings. The molecule has 0 aliphatic rings. The minimum atomic E-state index is -0.130. The maximum atomic E-state index is 6.18. The van der Waals surface area contributed by atoms with Crippen molar-refractivity contribution in [1.29, 1.82) is 0 Å². The van der Waals surface area contributed by atoms with Gasteiger partial charge in [-0.05, 0) is 51.6 Å². The van der Waals surface area contributed by atoms with Gasteiger partial charge in [0.25, 0.3) is 0 Å². The van der Waals surface area contributed by atoms with Gasteiger partial charge in [-0.1, -0.05) is 6.07 Å². The monoisotopic (exact) mass is 222 g/mol. The van der Waals surface area contributed by atoms with Gasteiger partial charge in [-0.3, -0.25) is 4.90 Å². The third kappa shape index (κ3) is 2.20. The fourth-order valence-electron chi connectivity index (χ4n) is 1.96. The molecule has 0 fully saturated rings. The van der Waals surface area contributed by atoms with Gasteiger partial charge in [0.05, 0.1) is 13.3 Å². The van der Waals surface area contributed by atoms with Crippen molar-refractivity contribution in [2.24, 2.45) is 5.73 Å². The van der Waals surface area contributed by atoms with Crippen molar-refractivity contribution in [3.05, 3.63) is 28.3 Å². The minimum absolute atomic E-state index is 0.130. The molecule has 1 aromatic carbocycles. The summed E-state index contributed by atoms with van der Waals surface area (Å²) in [4.78, 5) is 1.99. The van der Waals surface area contributed by atoms with Crippen molar-refractivity contribution >= 4 is 0 Å². The van der Waals surface area contributed by atoms with Crippen molar-refractivity contribution in [2.75, 3.05) is 21.2 Å². The maximum absolute atomic E-state index is 6.18. The lowest BCUT2D eigenvalue weighted by Crippen LogP contribution is -2.29. The molecule has 0 heterocycles. The van der Waals surface area contributed by atoms with Crippen LogP contribution in [0.15, 0.2) is 6.07 Å². The Morgan fingerprint density at radius 3 is 2.19 bits per heavy atom. The first-order chi connectivity index (χ1) is 7.40. The van der Waals surface area contributed by atoms with Crippen LogP contribution in [0.1, 0.15) is 28.4 Å². The summed E-state index contributed by atoms with van der Waals surface area (Å²) in [5, 5.41) is 0. The van der Waals surface area contributed by atoms with E-state index in [4.69, 9.17) is 10.5 Å². The summed E-state index contributed by atoms with van der Waals surface area (Å²) < 4.78 is 5.50. The van der Waals surface area contributed by atoms with E-state index in [0.717, 1.165) is 11.3 Å². The lowest BCUT2D eigenvalue weighted by atomic mass is 9.97. The van der Waals surface area contributed by atoms with E-state index in [1.807, 2.05) is 19.0 Å². The molecular weight excluding hydrogens is 200 g/mol. The summed E-state index contributed by atoms with van der Waals surface area (Å²) in [6, 6.07) is 2.16. The van der Waals surface area contributed by atoms with E-state index in [2.05, 4.69) is 26.8 Å². The van der Waals surface area contributed by atoms with Crippen molar-refractivity contribution in [2.45, 2.75) is 26.9 Å². The van der Waals surface area contributed by atoms with Gasteiger partial charge in [0.1, 0.15) is 5.75 Å². The molecular formula is C13H22N2O. The van der Waals surface area contributed by atoms with Crippen LogP contribution in [0.4, 0.5) is 0 Å². The van der Waals surface area contributed by atoms with Crippen LogP contribution in [-0.4, -0.2) is 26.1 Å². The molecule has 0 aromatic heterocycles. The predicted molar refractivity (Wildman–Crippen MR) is 67.8 cm³/mol. The fourth-order valence-corrected chi connectivity index (χ4v) is 1.96. The highest BCUT2D eigenvalue weighted by atomic mass is 16.5. The van der Waals surface area contributed by atoms with Crippen LogP contribution in [0.2, 0.25) is 0 Å². The Kier molecular flexibility index (Phi) is 3.94. The molecule has 16 heavy (non-hydrogen) atoms. The molecule has 0 spiro atoms. The number of aryl methyl sites for hydroxylation is 2. The third-order valence-corrected chi connectivity index (χ3v) is 3.09. The molecule has 1 rings (SSSR count). The Hall–Kier alpha value is -1.06. The molecule has 0 bridgehead atoms. The second-order valence-corrected chi connectivity index (χ2v) is 4.49. The fraction of sp³-hybridized carbons (Fsp3) is 0.538. The van der Waals surface area contributed by atoms with Gasteiger partial charge in [0, 0.05) is 5.56 Å². The van der Waals surface area contributed by atoms with Gasteiger partial charge in [-0.25, -0.2) is 0 Å². The zero-order chi connectivity index (χ0) is 12.5. The van der Waals surface area contributed by atoms with Crippen molar-refractivity contribution < 1.29 is 4.74 Å². The third-order valence-electron chi connectivity index (χ3n) is 3.09. The van der Waals surface area contributed by atoms with Gasteiger partial charge in [-0.2, -0.15) is 0 Å². The molecule has 0 saturated carbocycles. The van der Waals surface area contributed by atoms with Crippen LogP contribution in [0.25, 0.3) is 0 Å². The Bertz CT molecular complexity index is 386. The molecule has 1 atom stereocenters. The summed E-state index contributed by atoms with van der Waals surface area (Å²) in [6.45, 7) is 6.24. The van der Waals surface area contributed by atoms with E-state index in [0.29, 0.717) is 0 Å². The number of nitrogens with zero attached hydrogens (tertiary/aromatic N) is 1. The predicted octanol–water partition coefficient (Wildman–Crippen LogP) is 2.14. The molecule has 0 amide bonds. The highest BCUT2D eigenvalue weighted by Crippen LogP contribution is 2.33. The number of ether oxygens (including phenoxy) is 1. The first-order valence-corrected chi connectivity index (χ1v) is 5.46. The largest absolute Gasteiger partial charge is 0.496 e. The first kappa shape index (κ1) is 13.0. The van der Waals surface area contributed by atoms with Crippen LogP contribution in [0.5, 0.6) is 5.75 Å². The lowest BCUT2D eigenvalue weighted by Gasteiger charge is -2.25. The summed E-state index contributed by atoms with van der Waals surface area (Å²) in [5.74, 6) is 0.915. The summed E-state index contributed by atoms with van der Waals surface area (Å²) in [6.07, 6.45) is -0.130. The van der Waals surface area contributed by atoms with Crippen LogP contribution in [0, 0.1) is 20.8 Å². The number of hydrogen-bond donors (Lipinski definition) is 1. The van der Waals surface area contributed by atoms with Gasteiger partial charge in [0.15, 0.2) is 0 Å². The first-order valence-electron chi connectivity index (χ1n) is 5.46. The standard InChI is InChI=1S/C13H22N2O/c1-8-7-9(2)11(13(14)15(4)5)12(16-6)10(8)3/h7,13H,14H2,1-6H3. The molecule has 2 N–H and O–H groups in total. The Morgan fingerprint density at radius 2 is 1.75 bits per heavy atom. The number of hydrogen-bond acceptors (Lipinski definition) is 3. The molecule has 0 aliphatic heterocycles. The second-order valence-electron chi connectivity index (χ2n) is 4.49. The highest BCUT2D eigenvalue weighted by molar-refractivity contribution is 5.50. The van der Waals surface area contributed by atoms with E-state index in [1.54, 1.807) is 7.11 Å². The van der Waals surface area contributed by atoms with E-state index in [9.17, 15) is 0 Å². The molecule has 1 unspecified atom stereocenters. The smallest absolute Gasteiger partial charge is 0.128 e. The highest BCUT2D eigenvalue weighted by Gasteiger charge is 2.19. The Morgan fingerprint density at radius 1 is 1.19 bits per heavy atom. The topological polar surface area (TPSA) is 38.5 Å². The Balaban J connectivity index is 3.42. The average Bonchev–Trinajstić information content (AvgIpc) is 2.21. The molecule has 0 radical (unpaired) electrons. The summed E-state index contributed by atoms with van der Waals surface area (Å²) >= 11 is 0. The van der Waals surface area contributed by atoms with Gasteiger partial charge < -0.3 is 10.5 Å². The van der Waals surface area contributed by atoms with Gasteiger partial charge in [0.2, 0.25) is 0 Å². The molecule has 90 valence electrons. The molecule has 3 heteroatoms. The number of methoxy groups -OCH3 is 1. The maximum Gasteiger partial charge on any atom is 0.128 e. The number of rotatable bonds is 3. The van der Waals surface area contributed by atoms with Crippen LogP contribution < -0.4 is 10.5 Å². The lowest BCUT2D eigenvalue weighted by molar-refractivity contribution is 0.294. The van der Waals surface area contributed by atoms with Crippen LogP contribution in [-0.2, 0) is 0 Å².